The molecule has 0 aliphatic heterocycles. The minimum absolute atomic E-state index is 0.00441. The molecular formula is C22H29N3O2. The Morgan fingerprint density at radius 3 is 2.37 bits per heavy atom. The molecule has 0 bridgehead atoms. The van der Waals surface area contributed by atoms with Crippen LogP contribution in [0.3, 0.4) is 0 Å². The molecule has 0 heterocycles. The highest BCUT2D eigenvalue weighted by Crippen LogP contribution is 2.20. The molecule has 5 nitrogen and oxygen atoms in total. The molecule has 0 radical (unpaired) electrons. The second-order valence-electron chi connectivity index (χ2n) is 6.87. The van der Waals surface area contributed by atoms with Crippen molar-refractivity contribution in [3.63, 3.8) is 0 Å². The van der Waals surface area contributed by atoms with E-state index in [0.717, 1.165) is 23.2 Å². The maximum Gasteiger partial charge on any atom is 0.322 e. The van der Waals surface area contributed by atoms with Gasteiger partial charge in [-0.15, -0.1) is 0 Å². The number of amides is 3. The fourth-order valence-electron chi connectivity index (χ4n) is 2.72. The van der Waals surface area contributed by atoms with Crippen LogP contribution < -0.4 is 15.5 Å². The van der Waals surface area contributed by atoms with Crippen LogP contribution in [0, 0.1) is 0 Å². The lowest BCUT2D eigenvalue weighted by Crippen LogP contribution is -2.42. The SMILES string of the molecule is CCCNC(=O)Cc1cccc(N(Cc2ccccc2)C(=O)NC(C)C)c1. The quantitative estimate of drug-likeness (QED) is 0.744. The zero-order valence-corrected chi connectivity index (χ0v) is 16.4. The van der Waals surface area contributed by atoms with Crippen LogP contribution in [-0.4, -0.2) is 24.5 Å². The summed E-state index contributed by atoms with van der Waals surface area (Å²) in [6.07, 6.45) is 1.21. The van der Waals surface area contributed by atoms with E-state index in [0.29, 0.717) is 19.5 Å². The molecule has 144 valence electrons. The summed E-state index contributed by atoms with van der Waals surface area (Å²) in [5, 5.41) is 5.84. The predicted molar refractivity (Wildman–Crippen MR) is 110 cm³/mol. The van der Waals surface area contributed by atoms with Gasteiger partial charge in [0.05, 0.1) is 13.0 Å². The number of rotatable bonds is 8. The van der Waals surface area contributed by atoms with Crippen LogP contribution in [0.5, 0.6) is 0 Å². The van der Waals surface area contributed by atoms with Gasteiger partial charge < -0.3 is 10.6 Å². The van der Waals surface area contributed by atoms with Crippen molar-refractivity contribution in [1.82, 2.24) is 10.6 Å². The van der Waals surface area contributed by atoms with Gasteiger partial charge in [-0.2, -0.15) is 0 Å². The molecule has 5 heteroatoms. The molecule has 2 aromatic carbocycles. The molecule has 0 aliphatic rings. The lowest BCUT2D eigenvalue weighted by atomic mass is 10.1. The number of anilines is 1. The van der Waals surface area contributed by atoms with Gasteiger partial charge in [-0.3, -0.25) is 9.69 Å². The molecule has 0 saturated carbocycles. The van der Waals surface area contributed by atoms with Crippen molar-refractivity contribution in [2.75, 3.05) is 11.4 Å². The minimum Gasteiger partial charge on any atom is -0.356 e. The summed E-state index contributed by atoms with van der Waals surface area (Å²) in [5.41, 5.74) is 2.71. The Balaban J connectivity index is 2.22. The summed E-state index contributed by atoms with van der Waals surface area (Å²) < 4.78 is 0. The first kappa shape index (κ1) is 20.5. The summed E-state index contributed by atoms with van der Waals surface area (Å²) in [6.45, 7) is 7.04. The minimum atomic E-state index is -0.151. The molecule has 0 aromatic heterocycles. The van der Waals surface area contributed by atoms with Crippen molar-refractivity contribution < 1.29 is 9.59 Å². The second-order valence-corrected chi connectivity index (χ2v) is 6.87. The van der Waals surface area contributed by atoms with Crippen molar-refractivity contribution in [3.05, 3.63) is 65.7 Å². The van der Waals surface area contributed by atoms with Gasteiger partial charge in [-0.25, -0.2) is 4.79 Å². The topological polar surface area (TPSA) is 61.4 Å². The largest absolute Gasteiger partial charge is 0.356 e. The molecular weight excluding hydrogens is 338 g/mol. The van der Waals surface area contributed by atoms with Crippen molar-refractivity contribution >= 4 is 17.6 Å². The van der Waals surface area contributed by atoms with E-state index < -0.39 is 0 Å². The summed E-state index contributed by atoms with van der Waals surface area (Å²) in [7, 11) is 0. The van der Waals surface area contributed by atoms with E-state index in [1.54, 1.807) is 4.90 Å². The monoisotopic (exact) mass is 367 g/mol. The summed E-state index contributed by atoms with van der Waals surface area (Å²) in [5.74, 6) is -0.00441. The van der Waals surface area contributed by atoms with E-state index in [2.05, 4.69) is 10.6 Å². The molecule has 0 unspecified atom stereocenters. The number of benzene rings is 2. The zero-order chi connectivity index (χ0) is 19.6. The van der Waals surface area contributed by atoms with Gasteiger partial charge in [0.1, 0.15) is 0 Å². The molecule has 2 N–H and O–H groups in total. The van der Waals surface area contributed by atoms with Crippen molar-refractivity contribution in [2.24, 2.45) is 0 Å². The molecule has 0 aliphatic carbocycles. The number of carbonyl (C=O) groups is 2. The molecule has 2 aromatic rings. The van der Waals surface area contributed by atoms with E-state index in [-0.39, 0.29) is 18.0 Å². The van der Waals surface area contributed by atoms with Crippen LogP contribution in [0.2, 0.25) is 0 Å². The van der Waals surface area contributed by atoms with E-state index in [4.69, 9.17) is 0 Å². The molecule has 3 amide bonds. The maximum atomic E-state index is 12.8. The van der Waals surface area contributed by atoms with Gasteiger partial charge in [-0.1, -0.05) is 49.4 Å². The maximum absolute atomic E-state index is 12.8. The normalized spacial score (nSPS) is 10.5. The van der Waals surface area contributed by atoms with Crippen LogP contribution in [0.15, 0.2) is 54.6 Å². The van der Waals surface area contributed by atoms with Gasteiger partial charge >= 0.3 is 6.03 Å². The first-order chi connectivity index (χ1) is 13.0. The van der Waals surface area contributed by atoms with Crippen LogP contribution in [0.1, 0.15) is 38.3 Å². The van der Waals surface area contributed by atoms with E-state index >= 15 is 0 Å². The Kier molecular flexibility index (Phi) is 7.86. The molecule has 27 heavy (non-hydrogen) atoms. The number of hydrogen-bond donors (Lipinski definition) is 2. The van der Waals surface area contributed by atoms with Crippen molar-refractivity contribution in [1.29, 1.82) is 0 Å². The zero-order valence-electron chi connectivity index (χ0n) is 16.4. The van der Waals surface area contributed by atoms with E-state index in [1.807, 2.05) is 75.4 Å². The van der Waals surface area contributed by atoms with Crippen molar-refractivity contribution in [3.8, 4) is 0 Å². The number of carbonyl (C=O) groups excluding carboxylic acids is 2. The van der Waals surface area contributed by atoms with Gasteiger partial charge in [0.2, 0.25) is 5.91 Å². The molecule has 0 saturated heterocycles. The average Bonchev–Trinajstić information content (AvgIpc) is 2.65. The van der Waals surface area contributed by atoms with Crippen LogP contribution >= 0.6 is 0 Å². The lowest BCUT2D eigenvalue weighted by molar-refractivity contribution is -0.120. The third-order valence-electron chi connectivity index (χ3n) is 4.00. The van der Waals surface area contributed by atoms with E-state index in [9.17, 15) is 9.59 Å². The predicted octanol–water partition coefficient (Wildman–Crippen LogP) is 3.88. The third kappa shape index (κ3) is 6.77. The first-order valence-corrected chi connectivity index (χ1v) is 9.47. The molecule has 0 atom stereocenters. The third-order valence-corrected chi connectivity index (χ3v) is 4.00. The first-order valence-electron chi connectivity index (χ1n) is 9.47. The van der Waals surface area contributed by atoms with E-state index in [1.165, 1.54) is 0 Å². The number of hydrogen-bond acceptors (Lipinski definition) is 2. The Bertz CT molecular complexity index is 744. The second kappa shape index (κ2) is 10.4. The molecule has 2 rings (SSSR count). The summed E-state index contributed by atoms with van der Waals surface area (Å²) >= 11 is 0. The van der Waals surface area contributed by atoms with Gasteiger partial charge in [0.15, 0.2) is 0 Å². The van der Waals surface area contributed by atoms with Gasteiger partial charge in [-0.05, 0) is 43.5 Å². The molecule has 0 spiro atoms. The number of urea groups is 1. The van der Waals surface area contributed by atoms with Gasteiger partial charge in [0, 0.05) is 18.3 Å². The van der Waals surface area contributed by atoms with Crippen LogP contribution in [-0.2, 0) is 17.8 Å². The Hall–Kier alpha value is -2.82. The molecule has 0 fully saturated rings. The van der Waals surface area contributed by atoms with Crippen molar-refractivity contribution in [2.45, 2.75) is 46.2 Å². The highest BCUT2D eigenvalue weighted by molar-refractivity contribution is 5.92. The average molecular weight is 367 g/mol. The highest BCUT2D eigenvalue weighted by Gasteiger charge is 2.17. The number of nitrogens with one attached hydrogen (secondary N) is 2. The Morgan fingerprint density at radius 2 is 1.70 bits per heavy atom. The Labute approximate surface area is 161 Å². The summed E-state index contributed by atoms with van der Waals surface area (Å²) in [4.78, 5) is 26.5. The lowest BCUT2D eigenvalue weighted by Gasteiger charge is -2.25. The highest BCUT2D eigenvalue weighted by atomic mass is 16.2. The standard InChI is InChI=1S/C22H29N3O2/c1-4-13-23-21(26)15-19-11-8-12-20(14-19)25(22(27)24-17(2)3)16-18-9-6-5-7-10-18/h5-12,14,17H,4,13,15-16H2,1-3H3,(H,23,26)(H,24,27). The smallest absolute Gasteiger partial charge is 0.322 e. The fourth-order valence-corrected chi connectivity index (χ4v) is 2.72. The van der Waals surface area contributed by atoms with Crippen LogP contribution in [0.25, 0.3) is 0 Å². The Morgan fingerprint density at radius 1 is 1.00 bits per heavy atom. The summed E-state index contributed by atoms with van der Waals surface area (Å²) in [6, 6.07) is 17.4. The van der Waals surface area contributed by atoms with Gasteiger partial charge in [0.25, 0.3) is 0 Å². The fraction of sp³-hybridized carbons (Fsp3) is 0.364. The number of nitrogens with zero attached hydrogens (tertiary/aromatic N) is 1. The van der Waals surface area contributed by atoms with Crippen LogP contribution in [0.4, 0.5) is 10.5 Å².